The Labute approximate surface area is 269 Å². The lowest BCUT2D eigenvalue weighted by atomic mass is 9.94. The number of ether oxygens (including phenoxy) is 2. The molecule has 0 spiro atoms. The highest BCUT2D eigenvalue weighted by molar-refractivity contribution is 7.90. The van der Waals surface area contributed by atoms with Crippen LogP contribution >= 0.6 is 0 Å². The van der Waals surface area contributed by atoms with Gasteiger partial charge in [-0.25, -0.2) is 22.7 Å². The van der Waals surface area contributed by atoms with Crippen molar-refractivity contribution in [2.75, 3.05) is 20.2 Å². The molecule has 0 unspecified atom stereocenters. The summed E-state index contributed by atoms with van der Waals surface area (Å²) in [6, 6.07) is 6.09. The number of sulfonamides is 1. The Bertz CT molecular complexity index is 1580. The van der Waals surface area contributed by atoms with Gasteiger partial charge in [-0.3, -0.25) is 15.1 Å². The van der Waals surface area contributed by atoms with E-state index in [-0.39, 0.29) is 30.9 Å². The van der Waals surface area contributed by atoms with Crippen LogP contribution in [0.2, 0.25) is 0 Å². The van der Waals surface area contributed by atoms with Gasteiger partial charge >= 0.3 is 12.1 Å². The predicted molar refractivity (Wildman–Crippen MR) is 169 cm³/mol. The minimum absolute atomic E-state index is 0.00835. The molecule has 252 valence electrons. The summed E-state index contributed by atoms with van der Waals surface area (Å²) in [5.74, 6) is -2.09. The molecule has 0 fully saturated rings. The zero-order valence-corrected chi connectivity index (χ0v) is 27.7. The number of aliphatic hydroxyl groups excluding tert-OH is 1. The van der Waals surface area contributed by atoms with Crippen LogP contribution in [-0.2, 0) is 37.4 Å². The molecule has 6 N–H and O–H groups in total. The lowest BCUT2D eigenvalue weighted by molar-refractivity contribution is -0.143. The number of aliphatic carboxylic acids is 1. The highest BCUT2D eigenvalue weighted by Crippen LogP contribution is 2.43. The van der Waals surface area contributed by atoms with Gasteiger partial charge in [0, 0.05) is 25.6 Å². The number of nitrogens with zero attached hydrogens (tertiary/aromatic N) is 1. The van der Waals surface area contributed by atoms with Gasteiger partial charge in [-0.15, -0.1) is 0 Å². The average molecular weight is 662 g/mol. The number of carboxylic acid groups (broad SMARTS) is 1. The first-order chi connectivity index (χ1) is 21.5. The van der Waals surface area contributed by atoms with E-state index in [2.05, 4.69) is 15.4 Å². The third-order valence-corrected chi connectivity index (χ3v) is 9.44. The molecular weight excluding hydrogens is 618 g/mol. The van der Waals surface area contributed by atoms with Crippen molar-refractivity contribution in [3.63, 3.8) is 0 Å². The molecule has 0 radical (unpaired) electrons. The molecular formula is C31H43N5O9S. The van der Waals surface area contributed by atoms with Gasteiger partial charge in [-0.2, -0.15) is 0 Å². The molecule has 2 amide bonds. The minimum atomic E-state index is -4.15. The van der Waals surface area contributed by atoms with Gasteiger partial charge in [0.2, 0.25) is 11.9 Å². The topological polar surface area (TPSA) is 207 Å². The number of carbonyl (C=O) groups is 3. The standard InChI is InChI=1S/C31H43N5O9S/c1-18-19(2)26(20(3)22-15-31(4,5)45-25(18)22)46(42,43)35-29(32)33-14-10-13-24(27(38)34-23(16-37)28(39)40)36(6)30(41)44-17-21-11-8-7-9-12-21/h7-9,11-12,23-24,37H,10,13-17H2,1-6H3,(H,34,38)(H,39,40)(H3,32,33,35)/t23-,24-/m0/s1. The van der Waals surface area contributed by atoms with Crippen LogP contribution in [0.25, 0.3) is 0 Å². The van der Waals surface area contributed by atoms with Crippen molar-refractivity contribution >= 4 is 34.0 Å². The molecule has 0 saturated heterocycles. The van der Waals surface area contributed by atoms with E-state index in [1.807, 2.05) is 19.9 Å². The van der Waals surface area contributed by atoms with Crippen LogP contribution < -0.4 is 20.1 Å². The van der Waals surface area contributed by atoms with Gasteiger partial charge in [0.25, 0.3) is 10.0 Å². The first-order valence-electron chi connectivity index (χ1n) is 14.7. The molecule has 0 aliphatic carbocycles. The predicted octanol–water partition coefficient (Wildman–Crippen LogP) is 2.11. The Hall–Kier alpha value is -4.37. The summed E-state index contributed by atoms with van der Waals surface area (Å²) in [4.78, 5) is 38.3. The van der Waals surface area contributed by atoms with E-state index in [4.69, 9.17) is 14.9 Å². The van der Waals surface area contributed by atoms with Crippen molar-refractivity contribution < 1.29 is 42.5 Å². The summed E-state index contributed by atoms with van der Waals surface area (Å²) in [7, 11) is -2.83. The number of carbonyl (C=O) groups excluding carboxylic acids is 2. The number of likely N-dealkylation sites (N-methyl/N-ethyl adjacent to an activating group) is 1. The molecule has 0 bridgehead atoms. The highest BCUT2D eigenvalue weighted by Gasteiger charge is 2.37. The Balaban J connectivity index is 1.66. The molecule has 0 aromatic heterocycles. The fourth-order valence-electron chi connectivity index (χ4n) is 5.28. The van der Waals surface area contributed by atoms with Gasteiger partial charge in [-0.1, -0.05) is 30.3 Å². The summed E-state index contributed by atoms with van der Waals surface area (Å²) in [6.07, 6.45) is -0.136. The Morgan fingerprint density at radius 2 is 1.76 bits per heavy atom. The molecule has 2 aromatic rings. The Morgan fingerprint density at radius 1 is 1.11 bits per heavy atom. The van der Waals surface area contributed by atoms with E-state index in [0.29, 0.717) is 28.9 Å². The quantitative estimate of drug-likeness (QED) is 0.105. The maximum Gasteiger partial charge on any atom is 0.410 e. The van der Waals surface area contributed by atoms with E-state index in [0.717, 1.165) is 16.0 Å². The molecule has 2 aromatic carbocycles. The van der Waals surface area contributed by atoms with E-state index < -0.39 is 58.2 Å². The van der Waals surface area contributed by atoms with E-state index in [9.17, 15) is 33.0 Å². The normalized spacial score (nSPS) is 14.7. The van der Waals surface area contributed by atoms with Crippen molar-refractivity contribution in [2.45, 2.75) is 83.1 Å². The zero-order chi connectivity index (χ0) is 34.4. The van der Waals surface area contributed by atoms with Crippen LogP contribution in [0.5, 0.6) is 5.75 Å². The van der Waals surface area contributed by atoms with Crippen LogP contribution in [0.3, 0.4) is 0 Å². The van der Waals surface area contributed by atoms with Gasteiger partial charge in [-0.05, 0) is 69.7 Å². The van der Waals surface area contributed by atoms with Gasteiger partial charge in [0.05, 0.1) is 11.5 Å². The molecule has 1 aliphatic rings. The van der Waals surface area contributed by atoms with Crippen molar-refractivity contribution in [2.24, 2.45) is 0 Å². The van der Waals surface area contributed by atoms with Crippen LogP contribution in [0.1, 0.15) is 54.5 Å². The number of amides is 2. The lowest BCUT2D eigenvalue weighted by Gasteiger charge is -2.28. The number of benzene rings is 2. The summed E-state index contributed by atoms with van der Waals surface area (Å²) >= 11 is 0. The second-order valence-electron chi connectivity index (χ2n) is 11.8. The zero-order valence-electron chi connectivity index (χ0n) is 26.9. The van der Waals surface area contributed by atoms with Crippen molar-refractivity contribution in [3.8, 4) is 5.75 Å². The van der Waals surface area contributed by atoms with Gasteiger partial charge in [0.1, 0.15) is 30.0 Å². The average Bonchev–Trinajstić information content (AvgIpc) is 3.32. The smallest absolute Gasteiger partial charge is 0.410 e. The number of hydrogen-bond acceptors (Lipinski definition) is 9. The molecule has 14 nitrogen and oxygen atoms in total. The van der Waals surface area contributed by atoms with Crippen LogP contribution in [-0.4, -0.2) is 85.3 Å². The maximum absolute atomic E-state index is 13.4. The number of aliphatic hydroxyl groups is 1. The molecule has 15 heteroatoms. The number of carboxylic acids is 1. The number of hydrogen-bond donors (Lipinski definition) is 6. The van der Waals surface area contributed by atoms with E-state index in [1.165, 1.54) is 7.05 Å². The first kappa shape index (κ1) is 36.1. The lowest BCUT2D eigenvalue weighted by Crippen LogP contribution is -2.53. The van der Waals surface area contributed by atoms with Gasteiger partial charge in [0.15, 0.2) is 0 Å². The highest BCUT2D eigenvalue weighted by atomic mass is 32.2. The largest absolute Gasteiger partial charge is 0.487 e. The number of nitrogens with one attached hydrogen (secondary N) is 4. The molecule has 1 heterocycles. The second kappa shape index (κ2) is 14.8. The monoisotopic (exact) mass is 661 g/mol. The van der Waals surface area contributed by atoms with E-state index >= 15 is 0 Å². The molecule has 2 atom stereocenters. The number of fused-ring (bicyclic) bond motifs is 1. The molecule has 46 heavy (non-hydrogen) atoms. The maximum atomic E-state index is 13.4. The van der Waals surface area contributed by atoms with E-state index in [1.54, 1.807) is 45.0 Å². The minimum Gasteiger partial charge on any atom is -0.487 e. The van der Waals surface area contributed by atoms with Crippen molar-refractivity contribution in [1.82, 2.24) is 20.3 Å². The SMILES string of the molecule is Cc1c(C)c(S(=O)(=O)NC(=N)NCCC[C@@H](C(=O)N[C@@H](CO)C(=O)O)N(C)C(=O)OCc2ccccc2)c(C)c2c1OC(C)(C)C2. The fraction of sp³-hybridized carbons (Fsp3) is 0.484. The summed E-state index contributed by atoms with van der Waals surface area (Å²) in [6.45, 7) is 8.21. The Kier molecular flexibility index (Phi) is 11.6. The van der Waals surface area contributed by atoms with Gasteiger partial charge < -0.3 is 30.3 Å². The number of guanidine groups is 1. The molecule has 3 rings (SSSR count). The Morgan fingerprint density at radius 3 is 2.37 bits per heavy atom. The van der Waals surface area contributed by atoms with Crippen LogP contribution in [0, 0.1) is 26.2 Å². The fourth-order valence-corrected chi connectivity index (χ4v) is 6.81. The molecule has 0 saturated carbocycles. The van der Waals surface area contributed by atoms with Crippen molar-refractivity contribution in [3.05, 3.63) is 58.1 Å². The summed E-state index contributed by atoms with van der Waals surface area (Å²) in [5, 5.41) is 31.7. The number of rotatable bonds is 13. The second-order valence-corrected chi connectivity index (χ2v) is 13.5. The third-order valence-electron chi connectivity index (χ3n) is 7.81. The summed E-state index contributed by atoms with van der Waals surface area (Å²) < 4.78 is 40.5. The molecule has 1 aliphatic heterocycles. The van der Waals surface area contributed by atoms with Crippen molar-refractivity contribution in [1.29, 1.82) is 5.41 Å². The van der Waals surface area contributed by atoms with Crippen LogP contribution in [0.4, 0.5) is 4.79 Å². The van der Waals surface area contributed by atoms with Crippen LogP contribution in [0.15, 0.2) is 35.2 Å². The first-order valence-corrected chi connectivity index (χ1v) is 16.2. The third kappa shape index (κ3) is 8.66. The summed E-state index contributed by atoms with van der Waals surface area (Å²) in [5.41, 5.74) is 2.86.